The van der Waals surface area contributed by atoms with Crippen molar-refractivity contribution in [3.8, 4) is 0 Å². The lowest BCUT2D eigenvalue weighted by Gasteiger charge is -2.26. The molecule has 3 N–H and O–H groups in total. The van der Waals surface area contributed by atoms with E-state index >= 15 is 0 Å². The van der Waals surface area contributed by atoms with Crippen LogP contribution in [0.15, 0.2) is 30.3 Å². The van der Waals surface area contributed by atoms with Gasteiger partial charge in [0, 0.05) is 18.5 Å². The highest BCUT2D eigenvalue weighted by molar-refractivity contribution is 5.79. The van der Waals surface area contributed by atoms with E-state index in [1.165, 1.54) is 5.56 Å². The van der Waals surface area contributed by atoms with Gasteiger partial charge < -0.3 is 11.1 Å². The number of nitrogens with two attached hydrogens (primary N) is 1. The van der Waals surface area contributed by atoms with Crippen LogP contribution in [0.2, 0.25) is 0 Å². The van der Waals surface area contributed by atoms with E-state index in [0.29, 0.717) is 0 Å². The van der Waals surface area contributed by atoms with Gasteiger partial charge in [0.15, 0.2) is 0 Å². The molecule has 1 aliphatic carbocycles. The highest BCUT2D eigenvalue weighted by Crippen LogP contribution is 2.26. The molecule has 0 saturated heterocycles. The summed E-state index contributed by atoms with van der Waals surface area (Å²) in [7, 11) is 0. The van der Waals surface area contributed by atoms with E-state index in [-0.39, 0.29) is 23.3 Å². The Bertz CT molecular complexity index is 470. The van der Waals surface area contributed by atoms with Gasteiger partial charge in [-0.15, -0.1) is 0 Å². The van der Waals surface area contributed by atoms with Gasteiger partial charge in [-0.2, -0.15) is 0 Å². The van der Waals surface area contributed by atoms with Crippen LogP contribution in [0.1, 0.15) is 51.5 Å². The van der Waals surface area contributed by atoms with Gasteiger partial charge in [0.2, 0.25) is 5.91 Å². The zero-order valence-electron chi connectivity index (χ0n) is 14.0. The van der Waals surface area contributed by atoms with Crippen LogP contribution in [0.3, 0.4) is 0 Å². The van der Waals surface area contributed by atoms with Crippen molar-refractivity contribution >= 4 is 5.91 Å². The highest BCUT2D eigenvalue weighted by atomic mass is 16.1. The fourth-order valence-electron chi connectivity index (χ4n) is 3.23. The van der Waals surface area contributed by atoms with Gasteiger partial charge in [-0.25, -0.2) is 0 Å². The van der Waals surface area contributed by atoms with Crippen LogP contribution in [-0.2, 0) is 11.2 Å². The van der Waals surface area contributed by atoms with Crippen LogP contribution in [0, 0.1) is 11.3 Å². The van der Waals surface area contributed by atoms with Crippen LogP contribution in [0.5, 0.6) is 0 Å². The molecule has 0 heterocycles. The minimum absolute atomic E-state index is 0.134. The normalized spacial score (nSPS) is 21.8. The molecule has 0 aromatic heterocycles. The van der Waals surface area contributed by atoms with Crippen molar-refractivity contribution in [2.45, 2.75) is 58.4 Å². The van der Waals surface area contributed by atoms with Gasteiger partial charge >= 0.3 is 0 Å². The van der Waals surface area contributed by atoms with E-state index in [1.807, 2.05) is 0 Å². The maximum Gasteiger partial charge on any atom is 0.223 e. The molecule has 0 radical (unpaired) electrons. The lowest BCUT2D eigenvalue weighted by Crippen LogP contribution is -2.37. The van der Waals surface area contributed by atoms with Crippen molar-refractivity contribution in [3.63, 3.8) is 0 Å². The van der Waals surface area contributed by atoms with Gasteiger partial charge in [0.25, 0.3) is 0 Å². The molecule has 2 unspecified atom stereocenters. The summed E-state index contributed by atoms with van der Waals surface area (Å²) in [4.78, 5) is 12.2. The Balaban J connectivity index is 1.68. The van der Waals surface area contributed by atoms with Gasteiger partial charge in [0.05, 0.1) is 0 Å². The van der Waals surface area contributed by atoms with Crippen molar-refractivity contribution in [1.29, 1.82) is 0 Å². The predicted octanol–water partition coefficient (Wildman–Crippen LogP) is 3.28. The van der Waals surface area contributed by atoms with Gasteiger partial charge in [0.1, 0.15) is 0 Å². The van der Waals surface area contributed by atoms with Crippen molar-refractivity contribution in [1.82, 2.24) is 5.32 Å². The summed E-state index contributed by atoms with van der Waals surface area (Å²) in [5, 5.41) is 3.14. The van der Waals surface area contributed by atoms with Crippen LogP contribution in [0.4, 0.5) is 0 Å². The zero-order valence-corrected chi connectivity index (χ0v) is 14.0. The summed E-state index contributed by atoms with van der Waals surface area (Å²) in [6.45, 7) is 5.23. The lowest BCUT2D eigenvalue weighted by atomic mass is 9.86. The second-order valence-corrected chi connectivity index (χ2v) is 7.49. The highest BCUT2D eigenvalue weighted by Gasteiger charge is 2.28. The molecule has 22 heavy (non-hydrogen) atoms. The molecule has 2 rings (SSSR count). The molecule has 1 amide bonds. The van der Waals surface area contributed by atoms with E-state index < -0.39 is 0 Å². The topological polar surface area (TPSA) is 55.1 Å². The summed E-state index contributed by atoms with van der Waals surface area (Å²) in [6, 6.07) is 10.8. The summed E-state index contributed by atoms with van der Waals surface area (Å²) >= 11 is 0. The number of rotatable bonds is 7. The standard InChI is InChI=1S/C19H30N2O/c1-19(2,12-6-9-15-7-4-3-5-8-15)14-21-18(22)16-10-11-17(20)13-16/h3-5,7-8,16-17H,6,9-14,20H2,1-2H3,(H,21,22). The maximum absolute atomic E-state index is 12.2. The van der Waals surface area contributed by atoms with Crippen LogP contribution < -0.4 is 11.1 Å². The maximum atomic E-state index is 12.2. The molecule has 2 atom stereocenters. The average Bonchev–Trinajstić information content (AvgIpc) is 2.92. The molecule has 1 aromatic carbocycles. The molecule has 1 saturated carbocycles. The number of carbonyl (C=O) groups is 1. The van der Waals surface area contributed by atoms with Gasteiger partial charge in [-0.3, -0.25) is 4.79 Å². The molecule has 0 bridgehead atoms. The second-order valence-electron chi connectivity index (χ2n) is 7.49. The number of hydrogen-bond acceptors (Lipinski definition) is 2. The Labute approximate surface area is 134 Å². The first-order chi connectivity index (χ1) is 10.5. The van der Waals surface area contributed by atoms with E-state index in [0.717, 1.165) is 45.1 Å². The predicted molar refractivity (Wildman–Crippen MR) is 91.5 cm³/mol. The van der Waals surface area contributed by atoms with Gasteiger partial charge in [-0.05, 0) is 49.5 Å². The number of amides is 1. The van der Waals surface area contributed by atoms with Crippen LogP contribution in [-0.4, -0.2) is 18.5 Å². The first-order valence-electron chi connectivity index (χ1n) is 8.53. The first kappa shape index (κ1) is 17.0. The number of hydrogen-bond donors (Lipinski definition) is 2. The van der Waals surface area contributed by atoms with Crippen molar-refractivity contribution < 1.29 is 4.79 Å². The third-order valence-corrected chi connectivity index (χ3v) is 4.75. The van der Waals surface area contributed by atoms with E-state index in [9.17, 15) is 4.79 Å². The molecule has 1 aromatic rings. The summed E-state index contributed by atoms with van der Waals surface area (Å²) < 4.78 is 0. The quantitative estimate of drug-likeness (QED) is 0.812. The third kappa shape index (κ3) is 5.45. The molecule has 1 fully saturated rings. The van der Waals surface area contributed by atoms with Gasteiger partial charge in [-0.1, -0.05) is 44.2 Å². The molecule has 1 aliphatic rings. The Morgan fingerprint density at radius 2 is 2.00 bits per heavy atom. The van der Waals surface area contributed by atoms with Crippen LogP contribution >= 0.6 is 0 Å². The lowest BCUT2D eigenvalue weighted by molar-refractivity contribution is -0.125. The minimum Gasteiger partial charge on any atom is -0.355 e. The summed E-state index contributed by atoms with van der Waals surface area (Å²) in [6.07, 6.45) is 6.16. The molecular weight excluding hydrogens is 272 g/mol. The van der Waals surface area contributed by atoms with Crippen LogP contribution in [0.25, 0.3) is 0 Å². The average molecular weight is 302 g/mol. The SMILES string of the molecule is CC(C)(CCCc1ccccc1)CNC(=O)C1CCC(N)C1. The second kappa shape index (κ2) is 7.77. The molecule has 122 valence electrons. The number of carbonyl (C=O) groups excluding carboxylic acids is 1. The van der Waals surface area contributed by atoms with E-state index in [2.05, 4.69) is 49.5 Å². The zero-order chi connectivity index (χ0) is 16.0. The molecule has 3 nitrogen and oxygen atoms in total. The monoisotopic (exact) mass is 302 g/mol. The Kier molecular flexibility index (Phi) is 6.01. The van der Waals surface area contributed by atoms with E-state index in [1.54, 1.807) is 0 Å². The van der Waals surface area contributed by atoms with Crippen molar-refractivity contribution in [3.05, 3.63) is 35.9 Å². The fourth-order valence-corrected chi connectivity index (χ4v) is 3.23. The number of benzene rings is 1. The number of nitrogens with one attached hydrogen (secondary N) is 1. The molecular formula is C19H30N2O. The summed E-state index contributed by atoms with van der Waals surface area (Å²) in [5.74, 6) is 0.333. The third-order valence-electron chi connectivity index (χ3n) is 4.75. The molecule has 0 aliphatic heterocycles. The largest absolute Gasteiger partial charge is 0.355 e. The number of aryl methyl sites for hydroxylation is 1. The Morgan fingerprint density at radius 3 is 2.64 bits per heavy atom. The molecule has 0 spiro atoms. The Hall–Kier alpha value is -1.35. The Morgan fingerprint density at radius 1 is 1.27 bits per heavy atom. The van der Waals surface area contributed by atoms with Crippen molar-refractivity contribution in [2.75, 3.05) is 6.54 Å². The molecule has 3 heteroatoms. The van der Waals surface area contributed by atoms with E-state index in [4.69, 9.17) is 5.73 Å². The first-order valence-corrected chi connectivity index (χ1v) is 8.53. The smallest absolute Gasteiger partial charge is 0.223 e. The summed E-state index contributed by atoms with van der Waals surface area (Å²) in [5.41, 5.74) is 7.42. The fraction of sp³-hybridized carbons (Fsp3) is 0.632. The minimum atomic E-state index is 0.134. The van der Waals surface area contributed by atoms with Crippen molar-refractivity contribution in [2.24, 2.45) is 17.1 Å².